The van der Waals surface area contributed by atoms with E-state index in [9.17, 15) is 15.0 Å². The Balaban J connectivity index is 1.93. The fourth-order valence-electron chi connectivity index (χ4n) is 2.83. The summed E-state index contributed by atoms with van der Waals surface area (Å²) >= 11 is 0. The van der Waals surface area contributed by atoms with Crippen LogP contribution in [0, 0.1) is 0 Å². The molecule has 2 aromatic heterocycles. The van der Waals surface area contributed by atoms with E-state index >= 15 is 0 Å². The topological polar surface area (TPSA) is 129 Å². The first-order valence-electron chi connectivity index (χ1n) is 8.88. The van der Waals surface area contributed by atoms with E-state index in [-0.39, 0.29) is 5.88 Å². The molecule has 0 amide bonds. The van der Waals surface area contributed by atoms with Gasteiger partial charge in [0.15, 0.2) is 23.5 Å². The molecule has 10 heteroatoms. The number of aromatic nitrogens is 4. The summed E-state index contributed by atoms with van der Waals surface area (Å²) in [5, 5.41) is 19.9. The molecule has 2 unspecified atom stereocenters. The highest BCUT2D eigenvalue weighted by molar-refractivity contribution is 5.76. The lowest BCUT2D eigenvalue weighted by atomic mass is 10.1. The smallest absolute Gasteiger partial charge is 0.306 e. The van der Waals surface area contributed by atoms with Gasteiger partial charge in [-0.25, -0.2) is 9.97 Å². The third-order valence-corrected chi connectivity index (χ3v) is 4.14. The second kappa shape index (κ2) is 7.94. The summed E-state index contributed by atoms with van der Waals surface area (Å²) in [4.78, 5) is 24.5. The Morgan fingerprint density at radius 1 is 1.46 bits per heavy atom. The third kappa shape index (κ3) is 3.35. The fourth-order valence-corrected chi connectivity index (χ4v) is 2.83. The molecule has 1 fully saturated rings. The number of rotatable bonds is 7. The van der Waals surface area contributed by atoms with E-state index < -0.39 is 43.5 Å². The predicted molar refractivity (Wildman–Crippen MR) is 88.3 cm³/mol. The van der Waals surface area contributed by atoms with Crippen molar-refractivity contribution >= 4 is 17.1 Å². The lowest BCUT2D eigenvalue weighted by Gasteiger charge is -2.21. The molecule has 0 saturated carbocycles. The van der Waals surface area contributed by atoms with Crippen molar-refractivity contribution in [3.05, 3.63) is 12.7 Å². The first kappa shape index (κ1) is 17.1. The van der Waals surface area contributed by atoms with E-state index in [1.54, 1.807) is 0 Å². The van der Waals surface area contributed by atoms with Gasteiger partial charge < -0.3 is 24.4 Å². The molecule has 5 atom stereocenters. The summed E-state index contributed by atoms with van der Waals surface area (Å²) in [6.07, 6.45) is -1.69. The third-order valence-electron chi connectivity index (χ3n) is 4.14. The molecule has 1 aliphatic rings. The van der Waals surface area contributed by atoms with Gasteiger partial charge in [-0.3, -0.25) is 9.36 Å². The molecule has 26 heavy (non-hydrogen) atoms. The van der Waals surface area contributed by atoms with E-state index in [0.29, 0.717) is 24.0 Å². The van der Waals surface area contributed by atoms with E-state index in [2.05, 4.69) is 15.0 Å². The van der Waals surface area contributed by atoms with Crippen LogP contribution in [0.4, 0.5) is 0 Å². The minimum atomic E-state index is -1.26. The minimum Gasteiger partial charge on any atom is -0.479 e. The number of hydrogen-bond donors (Lipinski definition) is 2. The van der Waals surface area contributed by atoms with Crippen LogP contribution < -0.4 is 4.74 Å². The van der Waals surface area contributed by atoms with Crippen molar-refractivity contribution in [3.8, 4) is 5.88 Å². The van der Waals surface area contributed by atoms with Crippen LogP contribution in [-0.4, -0.2) is 67.7 Å². The monoisotopic (exact) mass is 367 g/mol. The normalized spacial score (nSPS) is 27.3. The molecule has 3 heterocycles. The second-order valence-corrected chi connectivity index (χ2v) is 5.84. The highest BCUT2D eigenvalue weighted by atomic mass is 16.6. The summed E-state index contributed by atoms with van der Waals surface area (Å²) in [5.74, 6) is -0.497. The SMILES string of the molecule is [2H]C(CCC)C(=O)O[C@@H]1C(n2cnc3c(OC)ncnc32)O[C@H](CO)[C@H]1O. The Morgan fingerprint density at radius 2 is 2.27 bits per heavy atom. The van der Waals surface area contributed by atoms with Crippen molar-refractivity contribution in [2.75, 3.05) is 13.7 Å². The highest BCUT2D eigenvalue weighted by Gasteiger charge is 2.47. The summed E-state index contributed by atoms with van der Waals surface area (Å²) in [7, 11) is 1.45. The molecule has 0 aromatic carbocycles. The molecule has 10 nitrogen and oxygen atoms in total. The number of nitrogens with zero attached hydrogens (tertiary/aromatic N) is 4. The van der Waals surface area contributed by atoms with Crippen LogP contribution in [0.2, 0.25) is 0 Å². The van der Waals surface area contributed by atoms with E-state index in [1.165, 1.54) is 24.3 Å². The van der Waals surface area contributed by atoms with E-state index in [0.717, 1.165) is 0 Å². The number of fused-ring (bicyclic) bond motifs is 1. The molecule has 142 valence electrons. The number of carbonyl (C=O) groups excluding carboxylic acids is 1. The minimum absolute atomic E-state index is 0.263. The molecule has 0 spiro atoms. The lowest BCUT2D eigenvalue weighted by molar-refractivity contribution is -0.158. The van der Waals surface area contributed by atoms with E-state index in [4.69, 9.17) is 15.6 Å². The van der Waals surface area contributed by atoms with Gasteiger partial charge in [0.1, 0.15) is 18.5 Å². The fraction of sp³-hybridized carbons (Fsp3) is 0.625. The quantitative estimate of drug-likeness (QED) is 0.659. The number of imidazole rings is 1. The van der Waals surface area contributed by atoms with Gasteiger partial charge in [-0.05, 0) is 6.42 Å². The molecule has 2 aromatic rings. The molecular formula is C16H22N4O6. The van der Waals surface area contributed by atoms with Gasteiger partial charge in [-0.2, -0.15) is 4.98 Å². The molecule has 0 aliphatic carbocycles. The zero-order valence-electron chi connectivity index (χ0n) is 15.5. The second-order valence-electron chi connectivity index (χ2n) is 5.84. The average molecular weight is 367 g/mol. The number of carbonyl (C=O) groups is 1. The van der Waals surface area contributed by atoms with Gasteiger partial charge in [0, 0.05) is 7.77 Å². The zero-order chi connectivity index (χ0) is 19.6. The Kier molecular flexibility index (Phi) is 5.23. The lowest BCUT2D eigenvalue weighted by Crippen LogP contribution is -2.37. The first-order chi connectivity index (χ1) is 13.0. The van der Waals surface area contributed by atoms with Gasteiger partial charge in [-0.1, -0.05) is 13.3 Å². The predicted octanol–water partition coefficient (Wildman–Crippen LogP) is 0.187. The van der Waals surface area contributed by atoms with Crippen molar-refractivity contribution in [3.63, 3.8) is 0 Å². The van der Waals surface area contributed by atoms with Crippen molar-refractivity contribution in [1.82, 2.24) is 19.5 Å². The van der Waals surface area contributed by atoms with Crippen LogP contribution in [0.1, 0.15) is 33.8 Å². The molecule has 1 aliphatic heterocycles. The van der Waals surface area contributed by atoms with Crippen molar-refractivity contribution in [1.29, 1.82) is 0 Å². The summed E-state index contributed by atoms with van der Waals surface area (Å²) < 4.78 is 25.5. The maximum atomic E-state index is 12.2. The molecule has 2 N–H and O–H groups in total. The Morgan fingerprint density at radius 3 is 2.96 bits per heavy atom. The van der Waals surface area contributed by atoms with Crippen molar-refractivity contribution in [2.24, 2.45) is 0 Å². The summed E-state index contributed by atoms with van der Waals surface area (Å²) in [6, 6.07) is 0. The van der Waals surface area contributed by atoms with Gasteiger partial charge >= 0.3 is 5.97 Å². The summed E-state index contributed by atoms with van der Waals surface area (Å²) in [5.41, 5.74) is 0.731. The number of hydrogen-bond acceptors (Lipinski definition) is 9. The zero-order valence-corrected chi connectivity index (χ0v) is 14.5. The van der Waals surface area contributed by atoms with Gasteiger partial charge in [-0.15, -0.1) is 0 Å². The maximum Gasteiger partial charge on any atom is 0.306 e. The molecule has 0 bridgehead atoms. The number of ether oxygens (including phenoxy) is 3. The molecular weight excluding hydrogens is 344 g/mol. The van der Waals surface area contributed by atoms with E-state index in [1.807, 2.05) is 6.92 Å². The van der Waals surface area contributed by atoms with Crippen LogP contribution in [0.25, 0.3) is 11.2 Å². The number of esters is 1. The van der Waals surface area contributed by atoms with Crippen LogP contribution in [-0.2, 0) is 14.3 Å². The van der Waals surface area contributed by atoms with Gasteiger partial charge in [0.05, 0.1) is 20.0 Å². The van der Waals surface area contributed by atoms with Crippen molar-refractivity contribution in [2.45, 2.75) is 50.7 Å². The average Bonchev–Trinajstić information content (AvgIpc) is 3.23. The van der Waals surface area contributed by atoms with Crippen LogP contribution >= 0.6 is 0 Å². The Labute approximate surface area is 151 Å². The van der Waals surface area contributed by atoms with Gasteiger partial charge in [0.25, 0.3) is 0 Å². The number of aliphatic hydroxyl groups is 2. The molecule has 1 saturated heterocycles. The van der Waals surface area contributed by atoms with Gasteiger partial charge in [0.2, 0.25) is 5.88 Å². The van der Waals surface area contributed by atoms with Crippen LogP contribution in [0.15, 0.2) is 12.7 Å². The molecule has 0 radical (unpaired) electrons. The van der Waals surface area contributed by atoms with Crippen molar-refractivity contribution < 1.29 is 30.6 Å². The maximum absolute atomic E-state index is 12.2. The summed E-state index contributed by atoms with van der Waals surface area (Å²) in [6.45, 7) is 1.40. The highest BCUT2D eigenvalue weighted by Crippen LogP contribution is 2.34. The number of aliphatic hydroxyl groups excluding tert-OH is 2. The Hall–Kier alpha value is -2.30. The first-order valence-corrected chi connectivity index (χ1v) is 8.30. The number of methoxy groups -OCH3 is 1. The largest absolute Gasteiger partial charge is 0.479 e. The van der Waals surface area contributed by atoms with Crippen LogP contribution in [0.3, 0.4) is 0 Å². The molecule has 3 rings (SSSR count). The Bertz CT molecular complexity index is 802. The van der Waals surface area contributed by atoms with Crippen LogP contribution in [0.5, 0.6) is 5.88 Å². The standard InChI is InChI=1S/C16H22N4O6/c1-3-4-5-10(22)26-13-12(23)9(6-21)25-16(13)20-8-19-11-14(20)17-7-18-15(11)24-2/h7-9,12-13,16,21,23H,3-6H2,1-2H3/t9-,12-,13+,16?/m1/s1/i5D/t5?,9-,12-,13+,16?.